The van der Waals surface area contributed by atoms with Gasteiger partial charge >= 0.3 is 5.97 Å². The summed E-state index contributed by atoms with van der Waals surface area (Å²) < 4.78 is 5.28. The zero-order chi connectivity index (χ0) is 15.7. The van der Waals surface area contributed by atoms with Crippen LogP contribution in [0, 0.1) is 16.0 Å². The number of benzene rings is 1. The first-order valence-electron chi connectivity index (χ1n) is 6.47. The summed E-state index contributed by atoms with van der Waals surface area (Å²) >= 11 is 1.03. The maximum absolute atomic E-state index is 12.0. The van der Waals surface area contributed by atoms with Crippen LogP contribution in [0.2, 0.25) is 0 Å². The van der Waals surface area contributed by atoms with Gasteiger partial charge in [0.25, 0.3) is 5.69 Å². The molecule has 0 aromatic heterocycles. The maximum Gasteiger partial charge on any atom is 0.349 e. The summed E-state index contributed by atoms with van der Waals surface area (Å²) in [6, 6.07) is 5.75. The van der Waals surface area contributed by atoms with Gasteiger partial charge in [-0.15, -0.1) is 0 Å². The quantitative estimate of drug-likeness (QED) is 0.523. The van der Waals surface area contributed by atoms with Gasteiger partial charge in [0.15, 0.2) is 0 Å². The standard InChI is InChI=1S/C15H11NO5S/c17-13-11-3-1-2-4-12(11)21-15(18)14(13)22-10-7-5-9(6-8-10)16(19)20/h1-8,11-12,17H. The fraction of sp³-hybridized carbons (Fsp3) is 0.133. The van der Waals surface area contributed by atoms with Crippen molar-refractivity contribution in [2.24, 2.45) is 5.92 Å². The molecule has 1 aromatic rings. The van der Waals surface area contributed by atoms with Crippen molar-refractivity contribution in [3.63, 3.8) is 0 Å². The zero-order valence-corrected chi connectivity index (χ0v) is 12.0. The van der Waals surface area contributed by atoms with Gasteiger partial charge in [-0.2, -0.15) is 0 Å². The molecule has 3 rings (SSSR count). The average molecular weight is 317 g/mol. The molecule has 0 bridgehead atoms. The number of allylic oxidation sites excluding steroid dienone is 2. The summed E-state index contributed by atoms with van der Waals surface area (Å²) in [6.07, 6.45) is 6.54. The largest absolute Gasteiger partial charge is 0.510 e. The van der Waals surface area contributed by atoms with E-state index < -0.39 is 17.0 Å². The molecule has 2 aliphatic rings. The first-order chi connectivity index (χ1) is 10.6. The van der Waals surface area contributed by atoms with E-state index in [0.29, 0.717) is 4.90 Å². The minimum Gasteiger partial charge on any atom is -0.510 e. The van der Waals surface area contributed by atoms with Gasteiger partial charge in [-0.05, 0) is 18.2 Å². The number of aliphatic hydroxyl groups is 1. The molecule has 1 heterocycles. The Bertz CT molecular complexity index is 720. The highest BCUT2D eigenvalue weighted by molar-refractivity contribution is 8.04. The Morgan fingerprint density at radius 3 is 2.55 bits per heavy atom. The van der Waals surface area contributed by atoms with Crippen molar-refractivity contribution in [1.82, 2.24) is 0 Å². The van der Waals surface area contributed by atoms with Crippen LogP contribution >= 0.6 is 11.8 Å². The van der Waals surface area contributed by atoms with Crippen molar-refractivity contribution >= 4 is 23.4 Å². The van der Waals surface area contributed by atoms with E-state index in [0.717, 1.165) is 11.8 Å². The molecule has 0 saturated heterocycles. The van der Waals surface area contributed by atoms with Crippen LogP contribution in [0.4, 0.5) is 5.69 Å². The van der Waals surface area contributed by atoms with E-state index in [4.69, 9.17) is 4.74 Å². The fourth-order valence-electron chi connectivity index (χ4n) is 2.23. The molecule has 2 unspecified atom stereocenters. The zero-order valence-electron chi connectivity index (χ0n) is 11.2. The van der Waals surface area contributed by atoms with Gasteiger partial charge < -0.3 is 9.84 Å². The molecule has 1 aliphatic carbocycles. The van der Waals surface area contributed by atoms with Crippen molar-refractivity contribution in [2.75, 3.05) is 0 Å². The Hall–Kier alpha value is -2.54. The summed E-state index contributed by atoms with van der Waals surface area (Å²) in [4.78, 5) is 22.9. The Labute approximate surface area is 129 Å². The van der Waals surface area contributed by atoms with Crippen LogP contribution in [0.25, 0.3) is 0 Å². The second-order valence-corrected chi connectivity index (χ2v) is 5.82. The lowest BCUT2D eigenvalue weighted by molar-refractivity contribution is -0.384. The van der Waals surface area contributed by atoms with Crippen LogP contribution in [-0.4, -0.2) is 22.1 Å². The molecule has 112 valence electrons. The van der Waals surface area contributed by atoms with Crippen LogP contribution in [0.3, 0.4) is 0 Å². The number of ether oxygens (including phenoxy) is 1. The molecule has 0 radical (unpaired) electrons. The van der Waals surface area contributed by atoms with Gasteiger partial charge in [-0.3, -0.25) is 10.1 Å². The highest BCUT2D eigenvalue weighted by atomic mass is 32.2. The predicted octanol–water partition coefficient (Wildman–Crippen LogP) is 3.12. The smallest absolute Gasteiger partial charge is 0.349 e. The number of non-ortho nitro benzene ring substituents is 1. The Balaban J connectivity index is 1.87. The van der Waals surface area contributed by atoms with Crippen LogP contribution in [0.15, 0.2) is 64.1 Å². The maximum atomic E-state index is 12.0. The normalized spacial score (nSPS) is 23.2. The molecule has 0 spiro atoms. The van der Waals surface area contributed by atoms with Gasteiger partial charge in [0, 0.05) is 17.0 Å². The molecule has 22 heavy (non-hydrogen) atoms. The van der Waals surface area contributed by atoms with E-state index in [1.54, 1.807) is 24.3 Å². The molecule has 6 nitrogen and oxygen atoms in total. The SMILES string of the molecule is O=C1OC2C=CC=CC2C(O)=C1Sc1ccc([N+](=O)[O-])cc1. The Morgan fingerprint density at radius 2 is 1.86 bits per heavy atom. The number of nitro benzene ring substituents is 1. The molecule has 7 heteroatoms. The number of hydrogen-bond acceptors (Lipinski definition) is 6. The average Bonchev–Trinajstić information content (AvgIpc) is 2.52. The van der Waals surface area contributed by atoms with E-state index >= 15 is 0 Å². The highest BCUT2D eigenvalue weighted by Gasteiger charge is 2.36. The van der Waals surface area contributed by atoms with Gasteiger partial charge in [-0.1, -0.05) is 30.0 Å². The lowest BCUT2D eigenvalue weighted by Crippen LogP contribution is -2.33. The lowest BCUT2D eigenvalue weighted by atomic mass is 9.93. The summed E-state index contributed by atoms with van der Waals surface area (Å²) in [5, 5.41) is 20.9. The second-order valence-electron chi connectivity index (χ2n) is 4.73. The summed E-state index contributed by atoms with van der Waals surface area (Å²) in [7, 11) is 0. The van der Waals surface area contributed by atoms with Crippen molar-refractivity contribution in [2.45, 2.75) is 11.0 Å². The predicted molar refractivity (Wildman–Crippen MR) is 80.3 cm³/mol. The molecule has 0 fully saturated rings. The van der Waals surface area contributed by atoms with E-state index in [1.807, 2.05) is 0 Å². The third-order valence-electron chi connectivity index (χ3n) is 3.33. The first-order valence-corrected chi connectivity index (χ1v) is 7.29. The summed E-state index contributed by atoms with van der Waals surface area (Å²) in [6.45, 7) is 0. The van der Waals surface area contributed by atoms with Gasteiger partial charge in [0.2, 0.25) is 0 Å². The van der Waals surface area contributed by atoms with Gasteiger partial charge in [-0.25, -0.2) is 4.79 Å². The molecule has 0 saturated carbocycles. The van der Waals surface area contributed by atoms with E-state index in [1.165, 1.54) is 24.3 Å². The summed E-state index contributed by atoms with van der Waals surface area (Å²) in [5.41, 5.74) is -0.0332. The molecule has 0 amide bonds. The number of fused-ring (bicyclic) bond motifs is 1. The number of nitrogens with zero attached hydrogens (tertiary/aromatic N) is 1. The van der Waals surface area contributed by atoms with E-state index in [-0.39, 0.29) is 22.3 Å². The van der Waals surface area contributed by atoms with Crippen molar-refractivity contribution < 1.29 is 19.6 Å². The third kappa shape index (κ3) is 2.62. The number of carbonyl (C=O) groups is 1. The van der Waals surface area contributed by atoms with Crippen LogP contribution < -0.4 is 0 Å². The van der Waals surface area contributed by atoms with E-state index in [2.05, 4.69) is 0 Å². The van der Waals surface area contributed by atoms with Gasteiger partial charge in [0.1, 0.15) is 16.8 Å². The number of rotatable bonds is 3. The minimum atomic E-state index is -0.595. The molecule has 2 atom stereocenters. The number of nitro groups is 1. The monoisotopic (exact) mass is 317 g/mol. The Kier molecular flexibility index (Phi) is 3.72. The number of hydrogen-bond donors (Lipinski definition) is 1. The molecule has 1 N–H and O–H groups in total. The molecule has 1 aromatic carbocycles. The van der Waals surface area contributed by atoms with Crippen molar-refractivity contribution in [3.05, 3.63) is 69.3 Å². The van der Waals surface area contributed by atoms with Crippen LogP contribution in [0.1, 0.15) is 0 Å². The second kappa shape index (κ2) is 5.69. The highest BCUT2D eigenvalue weighted by Crippen LogP contribution is 2.38. The number of aliphatic hydroxyl groups excluding tert-OH is 1. The van der Waals surface area contributed by atoms with Crippen molar-refractivity contribution in [3.8, 4) is 0 Å². The minimum absolute atomic E-state index is 0.0332. The topological polar surface area (TPSA) is 89.7 Å². The fourth-order valence-corrected chi connectivity index (χ4v) is 3.11. The van der Waals surface area contributed by atoms with Crippen LogP contribution in [0.5, 0.6) is 0 Å². The Morgan fingerprint density at radius 1 is 1.18 bits per heavy atom. The number of thioether (sulfide) groups is 1. The van der Waals surface area contributed by atoms with Gasteiger partial charge in [0.05, 0.1) is 10.8 Å². The van der Waals surface area contributed by atoms with Crippen LogP contribution in [-0.2, 0) is 9.53 Å². The number of carbonyl (C=O) groups excluding carboxylic acids is 1. The molecule has 1 aliphatic heterocycles. The third-order valence-corrected chi connectivity index (χ3v) is 4.42. The summed E-state index contributed by atoms with van der Waals surface area (Å²) in [5.74, 6) is -1.02. The van der Waals surface area contributed by atoms with E-state index in [9.17, 15) is 20.0 Å². The lowest BCUT2D eigenvalue weighted by Gasteiger charge is -2.29. The van der Waals surface area contributed by atoms with Crippen molar-refractivity contribution in [1.29, 1.82) is 0 Å². The molecular formula is C15H11NO5S. The number of esters is 1. The molecular weight excluding hydrogens is 306 g/mol. The first kappa shape index (κ1) is 14.4.